The maximum atomic E-state index is 12.1. The van der Waals surface area contributed by atoms with Crippen LogP contribution in [0.15, 0.2) is 4.99 Å². The van der Waals surface area contributed by atoms with E-state index in [-0.39, 0.29) is 54.3 Å². The Hall–Kier alpha value is -0.710. The Bertz CT molecular complexity index is 466. The molecule has 0 aromatic carbocycles. The Kier molecular flexibility index (Phi) is 13.1. The molecule has 0 aromatic rings. The number of guanidine groups is 1. The zero-order chi connectivity index (χ0) is 18.8. The molecule has 1 heterocycles. The molecule has 1 aliphatic rings. The highest BCUT2D eigenvalue weighted by Gasteiger charge is 2.24. The number of amides is 2. The van der Waals surface area contributed by atoms with Crippen molar-refractivity contribution < 1.29 is 9.59 Å². The molecule has 0 aliphatic carbocycles. The fraction of sp³-hybridized carbons (Fsp3) is 0.824. The molecule has 1 saturated heterocycles. The lowest BCUT2D eigenvalue weighted by molar-refractivity contribution is -0.135. The number of hydrogen-bond donors (Lipinski definition) is 2. The Balaban J connectivity index is 0.00000625. The van der Waals surface area contributed by atoms with Crippen molar-refractivity contribution in [1.29, 1.82) is 0 Å². The van der Waals surface area contributed by atoms with E-state index >= 15 is 0 Å². The number of likely N-dealkylation sites (N-methyl/N-ethyl adjacent to an activating group) is 1. The van der Waals surface area contributed by atoms with Crippen LogP contribution < -0.4 is 10.6 Å². The van der Waals surface area contributed by atoms with Crippen LogP contribution in [0.5, 0.6) is 0 Å². The smallest absolute Gasteiger partial charge is 0.243 e. The number of rotatable bonds is 7. The van der Waals surface area contributed by atoms with Crippen LogP contribution in [0.25, 0.3) is 0 Å². The third-order valence-electron chi connectivity index (χ3n) is 4.11. The second-order valence-corrected chi connectivity index (χ2v) is 7.76. The number of aliphatic imine (C=N–C) groups is 1. The van der Waals surface area contributed by atoms with E-state index in [1.165, 1.54) is 0 Å². The van der Waals surface area contributed by atoms with Gasteiger partial charge in [-0.15, -0.1) is 24.0 Å². The SMILES string of the molecule is CSCCNC(=NCC(=O)N(C)C)NC1CCN(C(=O)C(C)C)CC1.I. The molecule has 0 atom stereocenters. The molecule has 0 bridgehead atoms. The number of nitrogens with zero attached hydrogens (tertiary/aromatic N) is 3. The fourth-order valence-electron chi connectivity index (χ4n) is 2.51. The molecular formula is C17H34IN5O2S. The summed E-state index contributed by atoms with van der Waals surface area (Å²) in [6.45, 7) is 6.34. The van der Waals surface area contributed by atoms with Crippen molar-refractivity contribution in [1.82, 2.24) is 20.4 Å². The molecule has 0 spiro atoms. The predicted molar refractivity (Wildman–Crippen MR) is 120 cm³/mol. The number of likely N-dealkylation sites (tertiary alicyclic amines) is 1. The van der Waals surface area contributed by atoms with E-state index in [4.69, 9.17) is 0 Å². The number of carbonyl (C=O) groups is 2. The summed E-state index contributed by atoms with van der Waals surface area (Å²) in [5.41, 5.74) is 0. The molecule has 1 aliphatic heterocycles. The minimum Gasteiger partial charge on any atom is -0.356 e. The van der Waals surface area contributed by atoms with Gasteiger partial charge in [-0.3, -0.25) is 9.59 Å². The number of hydrogen-bond acceptors (Lipinski definition) is 4. The van der Waals surface area contributed by atoms with Gasteiger partial charge in [0.2, 0.25) is 11.8 Å². The van der Waals surface area contributed by atoms with Gasteiger partial charge < -0.3 is 20.4 Å². The molecule has 0 aromatic heterocycles. The average molecular weight is 499 g/mol. The van der Waals surface area contributed by atoms with Gasteiger partial charge in [-0.25, -0.2) is 4.99 Å². The molecule has 0 radical (unpaired) electrons. The molecule has 0 saturated carbocycles. The van der Waals surface area contributed by atoms with Crippen LogP contribution in [0.3, 0.4) is 0 Å². The Morgan fingerprint density at radius 2 is 1.88 bits per heavy atom. The quantitative estimate of drug-likeness (QED) is 0.239. The molecule has 152 valence electrons. The van der Waals surface area contributed by atoms with Crippen molar-refractivity contribution in [3.8, 4) is 0 Å². The van der Waals surface area contributed by atoms with E-state index in [2.05, 4.69) is 21.9 Å². The van der Waals surface area contributed by atoms with Crippen LogP contribution >= 0.6 is 35.7 Å². The zero-order valence-corrected chi connectivity index (χ0v) is 19.7. The minimum atomic E-state index is -0.0247. The molecule has 26 heavy (non-hydrogen) atoms. The summed E-state index contributed by atoms with van der Waals surface area (Å²) >= 11 is 1.76. The van der Waals surface area contributed by atoms with Gasteiger partial charge >= 0.3 is 0 Å². The molecule has 2 N–H and O–H groups in total. The van der Waals surface area contributed by atoms with Crippen molar-refractivity contribution in [3.63, 3.8) is 0 Å². The number of carbonyl (C=O) groups excluding carboxylic acids is 2. The normalized spacial score (nSPS) is 15.5. The first-order valence-electron chi connectivity index (χ1n) is 8.87. The van der Waals surface area contributed by atoms with Gasteiger partial charge in [-0.1, -0.05) is 13.8 Å². The van der Waals surface area contributed by atoms with Crippen molar-refractivity contribution in [2.24, 2.45) is 10.9 Å². The highest BCUT2D eigenvalue weighted by Crippen LogP contribution is 2.13. The molecule has 2 amide bonds. The van der Waals surface area contributed by atoms with Crippen LogP contribution in [0, 0.1) is 5.92 Å². The van der Waals surface area contributed by atoms with Gasteiger partial charge in [0.15, 0.2) is 5.96 Å². The number of halogens is 1. The largest absolute Gasteiger partial charge is 0.356 e. The van der Waals surface area contributed by atoms with Gasteiger partial charge in [-0.2, -0.15) is 11.8 Å². The van der Waals surface area contributed by atoms with E-state index in [0.29, 0.717) is 5.96 Å². The average Bonchev–Trinajstić information content (AvgIpc) is 2.59. The second-order valence-electron chi connectivity index (χ2n) is 6.77. The van der Waals surface area contributed by atoms with Crippen LogP contribution in [-0.4, -0.2) is 85.9 Å². The Labute approximate surface area is 179 Å². The van der Waals surface area contributed by atoms with Gasteiger partial charge in [0.05, 0.1) is 0 Å². The summed E-state index contributed by atoms with van der Waals surface area (Å²) in [5.74, 6) is 1.90. The van der Waals surface area contributed by atoms with E-state index in [1.54, 1.807) is 30.8 Å². The van der Waals surface area contributed by atoms with Gasteiger partial charge in [0.1, 0.15) is 6.54 Å². The topological polar surface area (TPSA) is 77.0 Å². The maximum Gasteiger partial charge on any atom is 0.243 e. The lowest BCUT2D eigenvalue weighted by Crippen LogP contribution is -2.50. The Morgan fingerprint density at radius 3 is 2.38 bits per heavy atom. The van der Waals surface area contributed by atoms with Crippen LogP contribution in [0.4, 0.5) is 0 Å². The van der Waals surface area contributed by atoms with Crippen molar-refractivity contribution in [2.45, 2.75) is 32.7 Å². The minimum absolute atomic E-state index is 0. The zero-order valence-electron chi connectivity index (χ0n) is 16.6. The summed E-state index contributed by atoms with van der Waals surface area (Å²) < 4.78 is 0. The number of thioether (sulfide) groups is 1. The van der Waals surface area contributed by atoms with E-state index in [9.17, 15) is 9.59 Å². The second kappa shape index (κ2) is 13.5. The molecule has 1 rings (SSSR count). The van der Waals surface area contributed by atoms with Gasteiger partial charge in [-0.05, 0) is 19.1 Å². The first-order chi connectivity index (χ1) is 11.8. The lowest BCUT2D eigenvalue weighted by Gasteiger charge is -2.34. The van der Waals surface area contributed by atoms with Crippen molar-refractivity contribution >= 4 is 53.5 Å². The van der Waals surface area contributed by atoms with E-state index in [0.717, 1.165) is 38.2 Å². The third kappa shape index (κ3) is 9.29. The summed E-state index contributed by atoms with van der Waals surface area (Å²) in [4.78, 5) is 31.7. The molecule has 0 unspecified atom stereocenters. The van der Waals surface area contributed by atoms with Crippen LogP contribution in [0.2, 0.25) is 0 Å². The fourth-order valence-corrected chi connectivity index (χ4v) is 2.82. The van der Waals surface area contributed by atoms with E-state index in [1.807, 2.05) is 18.7 Å². The van der Waals surface area contributed by atoms with E-state index < -0.39 is 0 Å². The van der Waals surface area contributed by atoms with Gasteiger partial charge in [0, 0.05) is 51.4 Å². The highest BCUT2D eigenvalue weighted by atomic mass is 127. The first-order valence-corrected chi connectivity index (χ1v) is 10.3. The Morgan fingerprint density at radius 1 is 1.27 bits per heavy atom. The number of nitrogens with one attached hydrogen (secondary N) is 2. The summed E-state index contributed by atoms with van der Waals surface area (Å²) in [6.07, 6.45) is 3.84. The first kappa shape index (κ1) is 25.3. The number of piperidine rings is 1. The van der Waals surface area contributed by atoms with Crippen LogP contribution in [0.1, 0.15) is 26.7 Å². The molecule has 7 nitrogen and oxygen atoms in total. The molecule has 9 heteroatoms. The predicted octanol–water partition coefficient (Wildman–Crippen LogP) is 1.24. The molecule has 1 fully saturated rings. The maximum absolute atomic E-state index is 12.1. The standard InChI is InChI=1S/C17H33N5O2S.HI/c1-13(2)16(24)22-9-6-14(7-10-22)20-17(18-8-11-25-5)19-12-15(23)21(3)4;/h13-14H,6-12H2,1-5H3,(H2,18,19,20);1H. The lowest BCUT2D eigenvalue weighted by atomic mass is 10.0. The summed E-state index contributed by atoms with van der Waals surface area (Å²) in [5, 5.41) is 6.70. The molecular weight excluding hydrogens is 465 g/mol. The van der Waals surface area contributed by atoms with Gasteiger partial charge in [0.25, 0.3) is 0 Å². The van der Waals surface area contributed by atoms with Crippen molar-refractivity contribution in [3.05, 3.63) is 0 Å². The van der Waals surface area contributed by atoms with Crippen LogP contribution in [-0.2, 0) is 9.59 Å². The summed E-state index contributed by atoms with van der Waals surface area (Å²) in [7, 11) is 3.46. The van der Waals surface area contributed by atoms with Crippen molar-refractivity contribution in [2.75, 3.05) is 52.3 Å². The third-order valence-corrected chi connectivity index (χ3v) is 4.72. The summed E-state index contributed by atoms with van der Waals surface area (Å²) in [6, 6.07) is 0.270. The highest BCUT2D eigenvalue weighted by molar-refractivity contribution is 14.0. The monoisotopic (exact) mass is 499 g/mol.